The average molecular weight is 617 g/mol. The summed E-state index contributed by atoms with van der Waals surface area (Å²) in [7, 11) is 0.732. The van der Waals surface area contributed by atoms with E-state index in [-0.39, 0.29) is 39.0 Å². The van der Waals surface area contributed by atoms with E-state index in [1.165, 1.54) is 23.1 Å². The third-order valence-electron chi connectivity index (χ3n) is 5.86. The Bertz CT molecular complexity index is 1380. The van der Waals surface area contributed by atoms with Crippen molar-refractivity contribution < 1.29 is 49.0 Å². The van der Waals surface area contributed by atoms with Crippen LogP contribution in [0, 0.1) is 16.7 Å². The van der Waals surface area contributed by atoms with Gasteiger partial charge in [0.25, 0.3) is 5.91 Å². The molecule has 1 amide bonds. The van der Waals surface area contributed by atoms with Gasteiger partial charge >= 0.3 is 24.6 Å². The van der Waals surface area contributed by atoms with Crippen molar-refractivity contribution in [1.82, 2.24) is 14.7 Å². The Balaban J connectivity index is 2.08. The van der Waals surface area contributed by atoms with E-state index in [0.717, 1.165) is 13.2 Å². The zero-order valence-corrected chi connectivity index (χ0v) is 21.3. The van der Waals surface area contributed by atoms with Crippen LogP contribution in [0.5, 0.6) is 5.75 Å². The van der Waals surface area contributed by atoms with Gasteiger partial charge in [0.15, 0.2) is 17.3 Å². The quantitative estimate of drug-likeness (QED) is 0.188. The van der Waals surface area contributed by atoms with Crippen LogP contribution >= 0.6 is 11.6 Å². The molecule has 1 saturated carbocycles. The van der Waals surface area contributed by atoms with E-state index >= 15 is 0 Å². The number of halogens is 10. The first-order valence-electron chi connectivity index (χ1n) is 11.3. The predicted octanol–water partition coefficient (Wildman–Crippen LogP) is 6.20. The molecule has 41 heavy (non-hydrogen) atoms. The minimum Gasteiger partial charge on any atom is -0.429 e. The number of nitrogens with one attached hydrogen (secondary N) is 2. The number of aromatic nitrogens is 2. The predicted molar refractivity (Wildman–Crippen MR) is 126 cm³/mol. The van der Waals surface area contributed by atoms with Crippen molar-refractivity contribution in [3.8, 4) is 11.8 Å². The molecule has 1 aliphatic carbocycles. The second kappa shape index (κ2) is 11.5. The standard InChI is InChI=1S/C23H18ClF9N6O2/c1-38-18(16(41-20(25)26)17(37-38)21(27,22(28,29)30)23(31,32)33)36-10-12(9-35)11-2-5-15(24)14(8-11)19(40)39(7-6-34)13-3-4-13/h2,5,8-10,13,20,35-36H,3-4,7H2,1H3/b12-10+,35-9?. The van der Waals surface area contributed by atoms with Crippen LogP contribution in [0.15, 0.2) is 24.4 Å². The number of aryl methyl sites for hydroxylation is 1. The Morgan fingerprint density at radius 2 is 1.88 bits per heavy atom. The number of amides is 1. The Morgan fingerprint density at radius 1 is 1.27 bits per heavy atom. The number of hydrogen-bond acceptors (Lipinski definition) is 6. The van der Waals surface area contributed by atoms with Crippen molar-refractivity contribution in [3.05, 3.63) is 46.2 Å². The number of carbonyl (C=O) groups excluding carboxylic acids is 1. The Morgan fingerprint density at radius 3 is 2.37 bits per heavy atom. The van der Waals surface area contributed by atoms with E-state index in [0.29, 0.717) is 19.1 Å². The van der Waals surface area contributed by atoms with Gasteiger partial charge in [0.1, 0.15) is 6.54 Å². The molecule has 0 unspecified atom stereocenters. The van der Waals surface area contributed by atoms with Gasteiger partial charge in [-0.25, -0.2) is 9.07 Å². The zero-order chi connectivity index (χ0) is 30.9. The lowest BCUT2D eigenvalue weighted by Gasteiger charge is -2.28. The number of anilines is 1. The molecule has 0 atom stereocenters. The third kappa shape index (κ3) is 6.21. The van der Waals surface area contributed by atoms with E-state index in [9.17, 15) is 44.3 Å². The highest BCUT2D eigenvalue weighted by molar-refractivity contribution is 6.34. The monoisotopic (exact) mass is 616 g/mol. The van der Waals surface area contributed by atoms with Gasteiger partial charge in [-0.05, 0) is 30.5 Å². The van der Waals surface area contributed by atoms with Crippen molar-refractivity contribution >= 4 is 35.1 Å². The topological polar surface area (TPSA) is 107 Å². The lowest BCUT2D eigenvalue weighted by molar-refractivity contribution is -0.350. The molecular weight excluding hydrogens is 599 g/mol. The molecule has 8 nitrogen and oxygen atoms in total. The molecule has 1 aromatic heterocycles. The maximum Gasteiger partial charge on any atom is 0.437 e. The van der Waals surface area contributed by atoms with Gasteiger partial charge in [0.05, 0.1) is 16.7 Å². The van der Waals surface area contributed by atoms with Gasteiger partial charge in [-0.2, -0.15) is 45.5 Å². The molecule has 2 aromatic rings. The van der Waals surface area contributed by atoms with Crippen LogP contribution in [0.25, 0.3) is 5.57 Å². The van der Waals surface area contributed by atoms with Gasteiger partial charge < -0.3 is 20.4 Å². The molecule has 1 fully saturated rings. The SMILES string of the molecule is Cn1nc(C(F)(C(F)(F)F)C(F)(F)F)c(OC(F)F)c1N/C=C(\C=N)c1ccc(Cl)c(C(=O)N(CC#N)C2CC2)c1. The second-order valence-electron chi connectivity index (χ2n) is 8.59. The Hall–Kier alpha value is -3.94. The number of rotatable bonds is 10. The fraction of sp³-hybridized carbons (Fsp3) is 0.391. The average Bonchev–Trinajstić information content (AvgIpc) is 3.66. The molecule has 0 bridgehead atoms. The van der Waals surface area contributed by atoms with Crippen LogP contribution in [0.1, 0.15) is 34.5 Å². The van der Waals surface area contributed by atoms with E-state index < -0.39 is 47.8 Å². The largest absolute Gasteiger partial charge is 0.437 e. The summed E-state index contributed by atoms with van der Waals surface area (Å²) in [6.07, 6.45) is -10.6. The van der Waals surface area contributed by atoms with Crippen molar-refractivity contribution in [2.75, 3.05) is 11.9 Å². The summed E-state index contributed by atoms with van der Waals surface area (Å²) in [6, 6.07) is 5.46. The number of carbonyl (C=O) groups is 1. The third-order valence-corrected chi connectivity index (χ3v) is 6.19. The molecule has 222 valence electrons. The number of nitrogens with zero attached hydrogens (tertiary/aromatic N) is 4. The maximum absolute atomic E-state index is 14.7. The minimum atomic E-state index is -6.67. The summed E-state index contributed by atoms with van der Waals surface area (Å²) >= 11 is 6.15. The summed E-state index contributed by atoms with van der Waals surface area (Å²) < 4.78 is 125. The number of allylic oxidation sites excluding steroid dienone is 1. The second-order valence-corrected chi connectivity index (χ2v) is 8.99. The van der Waals surface area contributed by atoms with Crippen LogP contribution in [-0.2, 0) is 12.7 Å². The molecule has 0 spiro atoms. The van der Waals surface area contributed by atoms with Crippen molar-refractivity contribution in [1.29, 1.82) is 10.7 Å². The summed E-state index contributed by atoms with van der Waals surface area (Å²) in [5.41, 5.74) is -8.90. The van der Waals surface area contributed by atoms with E-state index in [1.807, 2.05) is 6.07 Å². The van der Waals surface area contributed by atoms with E-state index in [1.54, 1.807) is 0 Å². The first-order chi connectivity index (χ1) is 19.0. The normalized spacial score (nSPS) is 14.6. The maximum atomic E-state index is 14.7. The van der Waals surface area contributed by atoms with Crippen LogP contribution in [0.3, 0.4) is 0 Å². The number of hydrogen-bond donors (Lipinski definition) is 2. The van der Waals surface area contributed by atoms with Gasteiger partial charge in [0.2, 0.25) is 0 Å². The van der Waals surface area contributed by atoms with Gasteiger partial charge in [-0.15, -0.1) is 0 Å². The van der Waals surface area contributed by atoms with Crippen molar-refractivity contribution in [2.24, 2.45) is 7.05 Å². The lowest BCUT2D eigenvalue weighted by atomic mass is 9.99. The van der Waals surface area contributed by atoms with Gasteiger partial charge in [-0.3, -0.25) is 4.79 Å². The molecule has 18 heteroatoms. The highest BCUT2D eigenvalue weighted by Gasteiger charge is 2.76. The molecule has 0 radical (unpaired) electrons. The Kier molecular flexibility index (Phi) is 8.87. The summed E-state index contributed by atoms with van der Waals surface area (Å²) in [5, 5.41) is 21.7. The van der Waals surface area contributed by atoms with Crippen LogP contribution in [0.2, 0.25) is 5.02 Å². The van der Waals surface area contributed by atoms with Crippen LogP contribution in [-0.4, -0.2) is 58.4 Å². The molecule has 2 N–H and O–H groups in total. The number of ether oxygens (including phenoxy) is 1. The fourth-order valence-corrected chi connectivity index (χ4v) is 3.92. The fourth-order valence-electron chi connectivity index (χ4n) is 3.73. The summed E-state index contributed by atoms with van der Waals surface area (Å²) in [6.45, 7) is -4.22. The summed E-state index contributed by atoms with van der Waals surface area (Å²) in [5.74, 6) is -3.54. The molecule has 1 heterocycles. The first-order valence-corrected chi connectivity index (χ1v) is 11.6. The summed E-state index contributed by atoms with van der Waals surface area (Å²) in [4.78, 5) is 14.3. The molecule has 3 rings (SSSR count). The van der Waals surface area contributed by atoms with Crippen molar-refractivity contribution in [2.45, 2.75) is 43.5 Å². The van der Waals surface area contributed by atoms with Gasteiger partial charge in [-0.1, -0.05) is 17.7 Å². The first kappa shape index (κ1) is 31.6. The number of nitriles is 1. The number of alkyl halides is 9. The molecule has 1 aliphatic rings. The number of benzene rings is 1. The smallest absolute Gasteiger partial charge is 0.429 e. The zero-order valence-electron chi connectivity index (χ0n) is 20.5. The highest BCUT2D eigenvalue weighted by atomic mass is 35.5. The van der Waals surface area contributed by atoms with Crippen LogP contribution < -0.4 is 10.1 Å². The molecular formula is C23H18ClF9N6O2. The molecule has 0 aliphatic heterocycles. The molecule has 1 aromatic carbocycles. The minimum absolute atomic E-state index is 0.0258. The Labute approximate surface area is 230 Å². The van der Waals surface area contributed by atoms with Gasteiger partial charge in [0, 0.05) is 31.1 Å². The highest BCUT2D eigenvalue weighted by Crippen LogP contribution is 2.56. The van der Waals surface area contributed by atoms with Crippen LogP contribution in [0.4, 0.5) is 45.3 Å². The van der Waals surface area contributed by atoms with Crippen molar-refractivity contribution in [3.63, 3.8) is 0 Å². The van der Waals surface area contributed by atoms with E-state index in [4.69, 9.17) is 22.3 Å². The molecule has 0 saturated heterocycles. The van der Waals surface area contributed by atoms with E-state index in [2.05, 4.69) is 15.2 Å². The lowest BCUT2D eigenvalue weighted by Crippen LogP contribution is -2.51.